The number of carbonyl (C=O) groups excluding carboxylic acids is 2. The number of quaternary nitrogens is 1. The van der Waals surface area contributed by atoms with Crippen molar-refractivity contribution in [3.8, 4) is 17.0 Å². The van der Waals surface area contributed by atoms with Crippen LogP contribution in [0.1, 0.15) is 22.3 Å². The smallest absolute Gasteiger partial charge is 0.277 e. The molecule has 3 heterocycles. The number of halogens is 2. The third-order valence-electron chi connectivity index (χ3n) is 7.19. The van der Waals surface area contributed by atoms with Gasteiger partial charge in [0.1, 0.15) is 0 Å². The highest BCUT2D eigenvalue weighted by Crippen LogP contribution is 2.31. The molecule has 2 amide bonds. The predicted molar refractivity (Wildman–Crippen MR) is 155 cm³/mol. The van der Waals surface area contributed by atoms with Crippen LogP contribution in [0.2, 0.25) is 0 Å². The number of likely N-dealkylation sites (N-methyl/N-ethyl adjacent to an activating group) is 1. The number of fused-ring (bicyclic) bond motifs is 1. The Labute approximate surface area is 242 Å². The van der Waals surface area contributed by atoms with Gasteiger partial charge in [-0.05, 0) is 49.2 Å². The number of likely N-dealkylation sites (tertiary alicyclic amines) is 1. The van der Waals surface area contributed by atoms with Gasteiger partial charge in [-0.15, -0.1) is 0 Å². The fourth-order valence-corrected chi connectivity index (χ4v) is 5.10. The molecule has 12 heteroatoms. The Morgan fingerprint density at radius 2 is 1.90 bits per heavy atom. The highest BCUT2D eigenvalue weighted by atomic mass is 19.2. The fourth-order valence-electron chi connectivity index (χ4n) is 5.10. The second kappa shape index (κ2) is 11.4. The van der Waals surface area contributed by atoms with Crippen LogP contribution in [0.25, 0.3) is 16.9 Å². The number of carbonyl (C=O) groups is 2. The molecule has 220 valence electrons. The van der Waals surface area contributed by atoms with Crippen LogP contribution in [-0.4, -0.2) is 89.5 Å². The summed E-state index contributed by atoms with van der Waals surface area (Å²) >= 11 is 0. The third kappa shape index (κ3) is 5.89. The van der Waals surface area contributed by atoms with Crippen LogP contribution in [0.4, 0.5) is 20.3 Å². The number of aryl methyl sites for hydroxylation is 1. The number of aromatic nitrogens is 3. The molecular weight excluding hydrogens is 544 g/mol. The Morgan fingerprint density at radius 3 is 2.62 bits per heavy atom. The van der Waals surface area contributed by atoms with Gasteiger partial charge in [-0.2, -0.15) is 4.39 Å². The van der Waals surface area contributed by atoms with Crippen molar-refractivity contribution < 1.29 is 27.6 Å². The number of nitrogens with zero attached hydrogens (tertiary/aromatic N) is 5. The molecule has 0 aliphatic carbocycles. The van der Waals surface area contributed by atoms with Gasteiger partial charge in [0.15, 0.2) is 29.6 Å². The van der Waals surface area contributed by atoms with Crippen molar-refractivity contribution in [3.05, 3.63) is 71.7 Å². The minimum atomic E-state index is -1.07. The van der Waals surface area contributed by atoms with Gasteiger partial charge in [0, 0.05) is 48.3 Å². The van der Waals surface area contributed by atoms with Crippen molar-refractivity contribution in [3.63, 3.8) is 0 Å². The summed E-state index contributed by atoms with van der Waals surface area (Å²) in [5.74, 6) is -2.00. The molecule has 0 spiro atoms. The van der Waals surface area contributed by atoms with Crippen LogP contribution in [0.15, 0.2) is 48.9 Å². The van der Waals surface area contributed by atoms with Gasteiger partial charge in [0.05, 0.1) is 40.1 Å². The molecule has 0 saturated carbocycles. The van der Waals surface area contributed by atoms with Crippen LogP contribution in [0.3, 0.4) is 0 Å². The molecule has 2 aromatic heterocycles. The van der Waals surface area contributed by atoms with Crippen molar-refractivity contribution in [2.75, 3.05) is 53.2 Å². The minimum absolute atomic E-state index is 0.0345. The standard InChI is InChI=1S/C30H33F2N7O3/c1-18-14-19(6-7-21(18)30(41)36-20-10-12-37(16-20)25(40)17-39(2,3)4)35-28-29-34-15-23(38(29)13-11-33-28)22-8-9-24(42-5)27(32)26(22)31/h6-9,11,13-15,20H,10,12,16-17H2,1-5H3,(H-,33,35,36,41)/p+1. The second-order valence-electron chi connectivity index (χ2n) is 11.5. The van der Waals surface area contributed by atoms with Crippen LogP contribution in [0, 0.1) is 18.6 Å². The number of amides is 2. The molecular formula is C30H34F2N7O3+. The van der Waals surface area contributed by atoms with Gasteiger partial charge in [0.2, 0.25) is 5.82 Å². The maximum absolute atomic E-state index is 14.8. The molecule has 10 nitrogen and oxygen atoms in total. The fraction of sp³-hybridized carbons (Fsp3) is 0.333. The Hall–Kier alpha value is -4.58. The largest absolute Gasteiger partial charge is 0.494 e. The number of rotatable bonds is 8. The summed E-state index contributed by atoms with van der Waals surface area (Å²) in [4.78, 5) is 36.2. The molecule has 1 atom stereocenters. The molecule has 1 aliphatic heterocycles. The van der Waals surface area contributed by atoms with E-state index in [0.29, 0.717) is 58.9 Å². The van der Waals surface area contributed by atoms with E-state index in [1.807, 2.05) is 39.0 Å². The monoisotopic (exact) mass is 578 g/mol. The molecule has 0 radical (unpaired) electrons. The Bertz CT molecular complexity index is 1660. The second-order valence-corrected chi connectivity index (χ2v) is 11.5. The van der Waals surface area contributed by atoms with Crippen molar-refractivity contribution in [2.45, 2.75) is 19.4 Å². The zero-order chi connectivity index (χ0) is 30.2. The maximum Gasteiger partial charge on any atom is 0.277 e. The summed E-state index contributed by atoms with van der Waals surface area (Å²) in [7, 11) is 7.20. The first-order chi connectivity index (χ1) is 19.9. The summed E-state index contributed by atoms with van der Waals surface area (Å²) in [5, 5.41) is 6.28. The highest BCUT2D eigenvalue weighted by Gasteiger charge is 2.30. The number of anilines is 2. The zero-order valence-corrected chi connectivity index (χ0v) is 24.2. The van der Waals surface area contributed by atoms with Crippen LogP contribution in [-0.2, 0) is 4.79 Å². The molecule has 1 unspecified atom stereocenters. The number of imidazole rings is 1. The number of hydrogen-bond donors (Lipinski definition) is 2. The van der Waals surface area contributed by atoms with Crippen molar-refractivity contribution in [1.29, 1.82) is 0 Å². The first-order valence-corrected chi connectivity index (χ1v) is 13.6. The Balaban J connectivity index is 1.29. The molecule has 1 fully saturated rings. The van der Waals surface area contributed by atoms with Crippen molar-refractivity contribution in [2.24, 2.45) is 0 Å². The maximum atomic E-state index is 14.8. The lowest BCUT2D eigenvalue weighted by Crippen LogP contribution is -2.46. The van der Waals surface area contributed by atoms with E-state index in [1.165, 1.54) is 31.6 Å². The number of ether oxygens (including phenoxy) is 1. The normalized spacial score (nSPS) is 15.2. The molecule has 5 rings (SSSR count). The number of benzene rings is 2. The molecule has 2 N–H and O–H groups in total. The van der Waals surface area contributed by atoms with Gasteiger partial charge in [-0.25, -0.2) is 14.4 Å². The zero-order valence-electron chi connectivity index (χ0n) is 24.2. The molecule has 4 aromatic rings. The number of methoxy groups -OCH3 is 1. The van der Waals surface area contributed by atoms with Gasteiger partial charge in [-0.1, -0.05) is 0 Å². The minimum Gasteiger partial charge on any atom is -0.494 e. The van der Waals surface area contributed by atoms with Gasteiger partial charge in [-0.3, -0.25) is 14.0 Å². The van der Waals surface area contributed by atoms with Gasteiger partial charge in [0.25, 0.3) is 11.8 Å². The SMILES string of the molecule is COc1ccc(-c2cnc3c(Nc4ccc(C(=O)NC5CCN(C(=O)C[N+](C)(C)C)C5)c(C)c4)nccn23)c(F)c1F. The summed E-state index contributed by atoms with van der Waals surface area (Å²) in [6.45, 7) is 3.38. The lowest BCUT2D eigenvalue weighted by Gasteiger charge is -2.26. The summed E-state index contributed by atoms with van der Waals surface area (Å²) < 4.78 is 36.2. The topological polar surface area (TPSA) is 101 Å². The van der Waals surface area contributed by atoms with E-state index < -0.39 is 11.6 Å². The van der Waals surface area contributed by atoms with Crippen LogP contribution in [0.5, 0.6) is 5.75 Å². The molecule has 2 aromatic carbocycles. The van der Waals surface area contributed by atoms with Crippen LogP contribution < -0.4 is 15.4 Å². The first kappa shape index (κ1) is 28.9. The van der Waals surface area contributed by atoms with E-state index in [0.717, 1.165) is 5.56 Å². The molecule has 1 saturated heterocycles. The van der Waals surface area contributed by atoms with E-state index >= 15 is 0 Å². The van der Waals surface area contributed by atoms with Gasteiger partial charge < -0.3 is 24.8 Å². The average molecular weight is 579 g/mol. The van der Waals surface area contributed by atoms with Crippen LogP contribution >= 0.6 is 0 Å². The van der Waals surface area contributed by atoms with E-state index in [4.69, 9.17) is 4.74 Å². The van der Waals surface area contributed by atoms with Crippen molar-refractivity contribution in [1.82, 2.24) is 24.6 Å². The quantitative estimate of drug-likeness (QED) is 0.309. The van der Waals surface area contributed by atoms with E-state index in [-0.39, 0.29) is 29.2 Å². The van der Waals surface area contributed by atoms with E-state index in [9.17, 15) is 18.4 Å². The van der Waals surface area contributed by atoms with Crippen molar-refractivity contribution >= 4 is 29.0 Å². The molecule has 42 heavy (non-hydrogen) atoms. The lowest BCUT2D eigenvalue weighted by atomic mass is 10.1. The summed E-state index contributed by atoms with van der Waals surface area (Å²) in [6.07, 6.45) is 5.31. The predicted octanol–water partition coefficient (Wildman–Crippen LogP) is 3.77. The van der Waals surface area contributed by atoms with E-state index in [2.05, 4.69) is 20.6 Å². The highest BCUT2D eigenvalue weighted by molar-refractivity contribution is 5.96. The lowest BCUT2D eigenvalue weighted by molar-refractivity contribution is -0.862. The average Bonchev–Trinajstić information content (AvgIpc) is 3.57. The Kier molecular flexibility index (Phi) is 7.83. The summed E-state index contributed by atoms with van der Waals surface area (Å²) in [5.41, 5.74) is 2.75. The third-order valence-corrected chi connectivity index (χ3v) is 7.19. The number of hydrogen-bond acceptors (Lipinski definition) is 6. The molecule has 1 aliphatic rings. The summed E-state index contributed by atoms with van der Waals surface area (Å²) in [6, 6.07) is 8.02. The molecule has 0 bridgehead atoms. The van der Waals surface area contributed by atoms with Gasteiger partial charge >= 0.3 is 0 Å². The Morgan fingerprint density at radius 1 is 1.12 bits per heavy atom. The van der Waals surface area contributed by atoms with E-state index in [1.54, 1.807) is 22.7 Å². The number of nitrogens with one attached hydrogen (secondary N) is 2. The first-order valence-electron chi connectivity index (χ1n) is 13.6.